The number of likely N-dealkylation sites (N-methyl/N-ethyl adjacent to an activating group) is 1. The van der Waals surface area contributed by atoms with Gasteiger partial charge in [-0.2, -0.15) is 0 Å². The zero-order valence-electron chi connectivity index (χ0n) is 13.7. The van der Waals surface area contributed by atoms with Crippen LogP contribution in [0.5, 0.6) is 0 Å². The van der Waals surface area contributed by atoms with E-state index >= 15 is 0 Å². The predicted octanol–water partition coefficient (Wildman–Crippen LogP) is 3.37. The van der Waals surface area contributed by atoms with Gasteiger partial charge in [0.2, 0.25) is 0 Å². The summed E-state index contributed by atoms with van der Waals surface area (Å²) in [6.07, 6.45) is 2.52. The highest BCUT2D eigenvalue weighted by atomic mass is 35.5. The summed E-state index contributed by atoms with van der Waals surface area (Å²) in [5.74, 6) is 0. The minimum absolute atomic E-state index is 0.463. The Balaban J connectivity index is 2.20. The first-order chi connectivity index (χ1) is 9.99. The molecule has 1 N–H and O–H groups in total. The van der Waals surface area contributed by atoms with Gasteiger partial charge >= 0.3 is 0 Å². The second-order valence-electron chi connectivity index (χ2n) is 6.48. The number of anilines is 1. The van der Waals surface area contributed by atoms with Crippen molar-refractivity contribution < 1.29 is 0 Å². The van der Waals surface area contributed by atoms with Crippen LogP contribution in [-0.2, 0) is 6.54 Å². The lowest BCUT2D eigenvalue weighted by molar-refractivity contribution is 0.258. The third kappa shape index (κ3) is 4.35. The molecular weight excluding hydrogens is 282 g/mol. The molecule has 0 spiro atoms. The van der Waals surface area contributed by atoms with Crippen molar-refractivity contribution in [1.29, 1.82) is 0 Å². The average molecular weight is 310 g/mol. The van der Waals surface area contributed by atoms with Crippen LogP contribution in [0.1, 0.15) is 32.3 Å². The van der Waals surface area contributed by atoms with Crippen LogP contribution in [0.2, 0.25) is 5.02 Å². The van der Waals surface area contributed by atoms with Crippen molar-refractivity contribution in [2.45, 2.75) is 45.3 Å². The van der Waals surface area contributed by atoms with E-state index in [0.29, 0.717) is 12.1 Å². The summed E-state index contributed by atoms with van der Waals surface area (Å²) in [6, 6.07) is 7.36. The molecule has 1 aromatic rings. The van der Waals surface area contributed by atoms with Crippen LogP contribution in [0, 0.1) is 0 Å². The number of hydrogen-bond donors (Lipinski definition) is 1. The van der Waals surface area contributed by atoms with Gasteiger partial charge in [0.15, 0.2) is 0 Å². The topological polar surface area (TPSA) is 18.5 Å². The second kappa shape index (κ2) is 7.48. The highest BCUT2D eigenvalue weighted by molar-refractivity contribution is 6.31. The van der Waals surface area contributed by atoms with Gasteiger partial charge < -0.3 is 15.1 Å². The van der Waals surface area contributed by atoms with E-state index in [4.69, 9.17) is 11.6 Å². The molecule has 1 aromatic carbocycles. The highest BCUT2D eigenvalue weighted by Crippen LogP contribution is 2.30. The number of piperidine rings is 1. The number of halogens is 1. The molecule has 1 unspecified atom stereocenters. The Bertz CT molecular complexity index is 459. The largest absolute Gasteiger partial charge is 0.370 e. The molecule has 1 heterocycles. The molecule has 0 bridgehead atoms. The monoisotopic (exact) mass is 309 g/mol. The number of benzene rings is 1. The van der Waals surface area contributed by atoms with Crippen LogP contribution in [0.3, 0.4) is 0 Å². The summed E-state index contributed by atoms with van der Waals surface area (Å²) in [7, 11) is 4.35. The smallest absolute Gasteiger partial charge is 0.0471 e. The van der Waals surface area contributed by atoms with Gasteiger partial charge in [0.25, 0.3) is 0 Å². The standard InChI is InChI=1S/C17H28ClN3/c1-13(2)19-11-15-16(18)8-5-9-17(15)21-10-6-7-14(12-21)20(3)4/h5,8-9,13-14,19H,6-7,10-12H2,1-4H3. The van der Waals surface area contributed by atoms with Crippen LogP contribution >= 0.6 is 11.6 Å². The van der Waals surface area contributed by atoms with E-state index in [-0.39, 0.29) is 0 Å². The maximum Gasteiger partial charge on any atom is 0.0471 e. The third-order valence-electron chi connectivity index (χ3n) is 4.25. The predicted molar refractivity (Wildman–Crippen MR) is 92.3 cm³/mol. The zero-order valence-corrected chi connectivity index (χ0v) is 14.5. The van der Waals surface area contributed by atoms with E-state index in [9.17, 15) is 0 Å². The molecule has 1 aliphatic heterocycles. The van der Waals surface area contributed by atoms with Crippen molar-refractivity contribution in [3.8, 4) is 0 Å². The van der Waals surface area contributed by atoms with Crippen molar-refractivity contribution in [2.24, 2.45) is 0 Å². The van der Waals surface area contributed by atoms with E-state index < -0.39 is 0 Å². The Morgan fingerprint density at radius 3 is 2.81 bits per heavy atom. The first-order valence-electron chi connectivity index (χ1n) is 7.91. The van der Waals surface area contributed by atoms with Crippen LogP contribution in [0.4, 0.5) is 5.69 Å². The Morgan fingerprint density at radius 2 is 2.14 bits per heavy atom. The molecule has 118 valence electrons. The van der Waals surface area contributed by atoms with E-state index in [1.807, 2.05) is 6.07 Å². The Labute approximate surface area is 134 Å². The van der Waals surface area contributed by atoms with Gasteiger partial charge in [0.1, 0.15) is 0 Å². The van der Waals surface area contributed by atoms with Crippen molar-refractivity contribution >= 4 is 17.3 Å². The number of nitrogens with one attached hydrogen (secondary N) is 1. The summed E-state index contributed by atoms with van der Waals surface area (Å²) in [6.45, 7) is 7.37. The molecule has 4 heteroatoms. The number of nitrogens with zero attached hydrogens (tertiary/aromatic N) is 2. The molecule has 1 aliphatic rings. The SMILES string of the molecule is CC(C)NCc1c(Cl)cccc1N1CCCC(N(C)C)C1. The van der Waals surface area contributed by atoms with Gasteiger partial charge in [0.05, 0.1) is 0 Å². The summed E-state index contributed by atoms with van der Waals surface area (Å²) in [5.41, 5.74) is 2.52. The van der Waals surface area contributed by atoms with E-state index in [1.165, 1.54) is 24.1 Å². The van der Waals surface area contributed by atoms with E-state index in [1.54, 1.807) is 0 Å². The normalized spacial score (nSPS) is 19.6. The fourth-order valence-electron chi connectivity index (χ4n) is 2.92. The quantitative estimate of drug-likeness (QED) is 0.899. The van der Waals surface area contributed by atoms with Gasteiger partial charge in [-0.05, 0) is 39.1 Å². The van der Waals surface area contributed by atoms with Crippen LogP contribution in [0.15, 0.2) is 18.2 Å². The zero-order chi connectivity index (χ0) is 15.4. The second-order valence-corrected chi connectivity index (χ2v) is 6.89. The fraction of sp³-hybridized carbons (Fsp3) is 0.647. The Morgan fingerprint density at radius 1 is 1.38 bits per heavy atom. The van der Waals surface area contributed by atoms with Crippen molar-refractivity contribution in [3.05, 3.63) is 28.8 Å². The Kier molecular flexibility index (Phi) is 5.91. The average Bonchev–Trinajstić information content (AvgIpc) is 2.45. The molecule has 1 atom stereocenters. The van der Waals surface area contributed by atoms with Crippen LogP contribution < -0.4 is 10.2 Å². The summed E-state index contributed by atoms with van der Waals surface area (Å²) >= 11 is 6.45. The van der Waals surface area contributed by atoms with E-state index in [2.05, 4.69) is 55.2 Å². The van der Waals surface area contributed by atoms with Crippen molar-refractivity contribution in [1.82, 2.24) is 10.2 Å². The molecule has 2 rings (SSSR count). The van der Waals surface area contributed by atoms with Gasteiger partial charge in [-0.1, -0.05) is 31.5 Å². The van der Waals surface area contributed by atoms with Gasteiger partial charge in [-0.25, -0.2) is 0 Å². The van der Waals surface area contributed by atoms with E-state index in [0.717, 1.165) is 24.7 Å². The van der Waals surface area contributed by atoms with Crippen molar-refractivity contribution in [3.63, 3.8) is 0 Å². The first kappa shape index (κ1) is 16.6. The number of rotatable bonds is 5. The lowest BCUT2D eigenvalue weighted by Crippen LogP contribution is -2.45. The minimum Gasteiger partial charge on any atom is -0.370 e. The number of hydrogen-bond acceptors (Lipinski definition) is 3. The molecule has 0 aromatic heterocycles. The lowest BCUT2D eigenvalue weighted by atomic mass is 10.0. The molecule has 0 aliphatic carbocycles. The molecular formula is C17H28ClN3. The third-order valence-corrected chi connectivity index (χ3v) is 4.60. The first-order valence-corrected chi connectivity index (χ1v) is 8.29. The van der Waals surface area contributed by atoms with Gasteiger partial charge in [-0.3, -0.25) is 0 Å². The molecule has 3 nitrogen and oxygen atoms in total. The molecule has 0 saturated carbocycles. The molecule has 21 heavy (non-hydrogen) atoms. The highest BCUT2D eigenvalue weighted by Gasteiger charge is 2.23. The molecule has 1 fully saturated rings. The summed E-state index contributed by atoms with van der Waals surface area (Å²) in [4.78, 5) is 4.83. The summed E-state index contributed by atoms with van der Waals surface area (Å²) < 4.78 is 0. The maximum absolute atomic E-state index is 6.45. The van der Waals surface area contributed by atoms with Crippen LogP contribution in [0.25, 0.3) is 0 Å². The van der Waals surface area contributed by atoms with Gasteiger partial charge in [0, 0.05) is 48.0 Å². The Hall–Kier alpha value is -0.770. The van der Waals surface area contributed by atoms with Crippen LogP contribution in [-0.4, -0.2) is 44.2 Å². The molecule has 0 radical (unpaired) electrons. The fourth-order valence-corrected chi connectivity index (χ4v) is 3.16. The molecule has 1 saturated heterocycles. The van der Waals surface area contributed by atoms with Crippen molar-refractivity contribution in [2.75, 3.05) is 32.1 Å². The lowest BCUT2D eigenvalue weighted by Gasteiger charge is -2.38. The van der Waals surface area contributed by atoms with Gasteiger partial charge in [-0.15, -0.1) is 0 Å². The maximum atomic E-state index is 6.45. The summed E-state index contributed by atoms with van der Waals surface area (Å²) in [5, 5.41) is 4.36. The minimum atomic E-state index is 0.463. The molecule has 0 amide bonds.